The Bertz CT molecular complexity index is 742. The molecule has 0 spiro atoms. The average Bonchev–Trinajstić information content (AvgIpc) is 2.54. The number of hydrogen-bond donors (Lipinski definition) is 1. The second-order valence-electron chi connectivity index (χ2n) is 4.01. The number of halogens is 4. The fourth-order valence-electron chi connectivity index (χ4n) is 1.32. The Labute approximate surface area is 158 Å². The van der Waals surface area contributed by atoms with Crippen LogP contribution < -0.4 is 10.2 Å². The molecule has 0 aliphatic rings. The van der Waals surface area contributed by atoms with Crippen LogP contribution in [-0.4, -0.2) is 39.9 Å². The molecule has 11 heteroatoms. The van der Waals surface area contributed by atoms with E-state index in [1.807, 2.05) is 0 Å². The summed E-state index contributed by atoms with van der Waals surface area (Å²) in [5, 5.41) is 3.47. The van der Waals surface area contributed by atoms with E-state index in [9.17, 15) is 4.79 Å². The highest BCUT2D eigenvalue weighted by atomic mass is 35.5. The molecule has 24 heavy (non-hydrogen) atoms. The molecule has 0 unspecified atom stereocenters. The van der Waals surface area contributed by atoms with Crippen molar-refractivity contribution in [3.8, 4) is 0 Å². The van der Waals surface area contributed by atoms with Gasteiger partial charge in [-0.25, -0.2) is 19.9 Å². The Hall–Kier alpha value is -1.67. The molecule has 0 aromatic carbocycles. The highest BCUT2D eigenvalue weighted by molar-refractivity contribution is 6.34. The highest BCUT2D eigenvalue weighted by Gasteiger charge is 2.12. The molecular formula is C13H12Cl4N6O. The molecule has 0 radical (unpaired) electrons. The van der Waals surface area contributed by atoms with Gasteiger partial charge in [0.15, 0.2) is 10.3 Å². The number of anilines is 2. The smallest absolute Gasteiger partial charge is 0.250 e. The molecule has 7 nitrogen and oxygen atoms in total. The van der Waals surface area contributed by atoms with Gasteiger partial charge in [0.1, 0.15) is 0 Å². The van der Waals surface area contributed by atoms with E-state index < -0.39 is 0 Å². The van der Waals surface area contributed by atoms with Crippen LogP contribution in [0.25, 0.3) is 0 Å². The van der Waals surface area contributed by atoms with Gasteiger partial charge in [0.05, 0.1) is 23.8 Å². The lowest BCUT2D eigenvalue weighted by Gasteiger charge is -2.15. The monoisotopic (exact) mass is 408 g/mol. The minimum absolute atomic E-state index is 0.0400. The lowest BCUT2D eigenvalue weighted by molar-refractivity contribution is -0.113. The fourth-order valence-corrected chi connectivity index (χ4v) is 2.16. The number of nitrogens with one attached hydrogen (secondary N) is 1. The molecule has 128 valence electrons. The van der Waals surface area contributed by atoms with Gasteiger partial charge in [-0.1, -0.05) is 29.8 Å². The summed E-state index contributed by atoms with van der Waals surface area (Å²) < 4.78 is 0. The molecule has 1 N–H and O–H groups in total. The van der Waals surface area contributed by atoms with Crippen molar-refractivity contribution >= 4 is 63.7 Å². The summed E-state index contributed by atoms with van der Waals surface area (Å²) in [7, 11) is 3.28. The van der Waals surface area contributed by atoms with Crippen LogP contribution in [0.2, 0.25) is 20.9 Å². The number of amides is 1. The summed E-state index contributed by atoms with van der Waals surface area (Å²) in [6, 6.07) is 0. The highest BCUT2D eigenvalue weighted by Crippen LogP contribution is 2.22. The molecule has 0 aliphatic carbocycles. The number of carbonyl (C=O) groups is 1. The third-order valence-electron chi connectivity index (χ3n) is 2.54. The second-order valence-corrected chi connectivity index (χ2v) is 5.40. The van der Waals surface area contributed by atoms with Gasteiger partial charge in [-0.15, -0.1) is 0 Å². The van der Waals surface area contributed by atoms with E-state index in [2.05, 4.69) is 31.8 Å². The predicted molar refractivity (Wildman–Crippen MR) is 97.3 cm³/mol. The van der Waals surface area contributed by atoms with E-state index in [0.717, 1.165) is 0 Å². The van der Waals surface area contributed by atoms with Crippen LogP contribution in [0.5, 0.6) is 0 Å². The number of hydrogen-bond acceptors (Lipinski definition) is 6. The van der Waals surface area contributed by atoms with E-state index >= 15 is 0 Å². The maximum atomic E-state index is 11.2. The van der Waals surface area contributed by atoms with Crippen LogP contribution in [0.15, 0.2) is 25.0 Å². The molecule has 0 aliphatic heterocycles. The Morgan fingerprint density at radius 1 is 1.12 bits per heavy atom. The minimum Gasteiger partial charge on any atom is -0.384 e. The van der Waals surface area contributed by atoms with Crippen molar-refractivity contribution in [3.05, 3.63) is 45.9 Å². The first-order valence-electron chi connectivity index (χ1n) is 6.24. The summed E-state index contributed by atoms with van der Waals surface area (Å²) in [6.07, 6.45) is 4.07. The van der Waals surface area contributed by atoms with E-state index in [4.69, 9.17) is 46.4 Å². The summed E-state index contributed by atoms with van der Waals surface area (Å²) in [4.78, 5) is 27.3. The Kier molecular flexibility index (Phi) is 8.14. The van der Waals surface area contributed by atoms with Crippen LogP contribution in [-0.2, 0) is 4.79 Å². The minimum atomic E-state index is -0.294. The molecule has 2 rings (SSSR count). The van der Waals surface area contributed by atoms with Crippen LogP contribution in [0.1, 0.15) is 0 Å². The van der Waals surface area contributed by atoms with Crippen molar-refractivity contribution in [3.63, 3.8) is 0 Å². The Morgan fingerprint density at radius 2 is 1.67 bits per heavy atom. The molecule has 0 saturated carbocycles. The number of carbonyl (C=O) groups excluding carboxylic acids is 1. The summed E-state index contributed by atoms with van der Waals surface area (Å²) in [5.74, 6) is -0.294. The molecular weight excluding hydrogens is 398 g/mol. The molecule has 0 saturated heterocycles. The van der Waals surface area contributed by atoms with Gasteiger partial charge in [0.2, 0.25) is 16.5 Å². The fraction of sp³-hybridized carbons (Fsp3) is 0.154. The summed E-state index contributed by atoms with van der Waals surface area (Å²) in [6.45, 7) is 3.35. The molecule has 0 bridgehead atoms. The Morgan fingerprint density at radius 3 is 2.12 bits per heavy atom. The first kappa shape index (κ1) is 20.4. The van der Waals surface area contributed by atoms with E-state index in [1.54, 1.807) is 14.1 Å². The number of rotatable bonds is 3. The zero-order valence-electron chi connectivity index (χ0n) is 12.6. The first-order chi connectivity index (χ1) is 11.3. The van der Waals surface area contributed by atoms with Crippen molar-refractivity contribution < 1.29 is 4.79 Å². The lowest BCUT2D eigenvalue weighted by atomic mass is 10.4. The zero-order chi connectivity index (χ0) is 18.3. The summed E-state index contributed by atoms with van der Waals surface area (Å²) >= 11 is 22.3. The maximum Gasteiger partial charge on any atom is 0.250 e. The van der Waals surface area contributed by atoms with Crippen molar-refractivity contribution in [1.29, 1.82) is 0 Å². The van der Waals surface area contributed by atoms with Crippen molar-refractivity contribution in [2.24, 2.45) is 0 Å². The van der Waals surface area contributed by atoms with Gasteiger partial charge < -0.3 is 10.2 Å². The van der Waals surface area contributed by atoms with Crippen LogP contribution in [0.4, 0.5) is 11.4 Å². The topological polar surface area (TPSA) is 83.9 Å². The third-order valence-corrected chi connectivity index (χ3v) is 3.47. The standard InChI is InChI=1S/C8H7Cl2N3O.C5H5Cl2N3/c1-3-6(14)13(2)5-4-11-8(10)12-7(5)9;1-8-3-2-9-5(7)10-4(3)6/h3-4H,1H2,2H3;2,8H,1H3. The number of likely N-dealkylation sites (N-methyl/N-ethyl adjacent to an activating group) is 1. The number of nitrogens with zero attached hydrogens (tertiary/aromatic N) is 5. The largest absolute Gasteiger partial charge is 0.384 e. The van der Waals surface area contributed by atoms with Crippen molar-refractivity contribution in [2.45, 2.75) is 0 Å². The SMILES string of the molecule is C=CC(=O)N(C)c1cnc(Cl)nc1Cl.CNc1cnc(Cl)nc1Cl. The second kappa shape index (κ2) is 9.58. The summed E-state index contributed by atoms with van der Waals surface area (Å²) in [5.41, 5.74) is 1.06. The van der Waals surface area contributed by atoms with E-state index in [-0.39, 0.29) is 21.6 Å². The van der Waals surface area contributed by atoms with Crippen molar-refractivity contribution in [1.82, 2.24) is 19.9 Å². The normalized spacial score (nSPS) is 9.58. The van der Waals surface area contributed by atoms with Gasteiger partial charge in [-0.2, -0.15) is 0 Å². The van der Waals surface area contributed by atoms with E-state index in [1.165, 1.54) is 23.4 Å². The maximum absolute atomic E-state index is 11.2. The van der Waals surface area contributed by atoms with Gasteiger partial charge in [-0.05, 0) is 29.3 Å². The molecule has 2 heterocycles. The molecule has 2 aromatic rings. The molecule has 2 aromatic heterocycles. The van der Waals surface area contributed by atoms with Gasteiger partial charge in [-0.3, -0.25) is 4.79 Å². The van der Waals surface area contributed by atoms with Gasteiger partial charge in [0, 0.05) is 14.1 Å². The van der Waals surface area contributed by atoms with E-state index in [0.29, 0.717) is 16.5 Å². The van der Waals surface area contributed by atoms with Gasteiger partial charge >= 0.3 is 0 Å². The Balaban J connectivity index is 0.000000254. The molecule has 0 atom stereocenters. The quantitative estimate of drug-likeness (QED) is 0.472. The first-order valence-corrected chi connectivity index (χ1v) is 7.75. The number of aromatic nitrogens is 4. The molecule has 0 fully saturated rings. The van der Waals surface area contributed by atoms with Crippen LogP contribution in [0.3, 0.4) is 0 Å². The zero-order valence-corrected chi connectivity index (χ0v) is 15.6. The molecule has 1 amide bonds. The van der Waals surface area contributed by atoms with Gasteiger partial charge in [0.25, 0.3) is 0 Å². The lowest BCUT2D eigenvalue weighted by Crippen LogP contribution is -2.24. The predicted octanol–water partition coefficient (Wildman–Crippen LogP) is 3.76. The van der Waals surface area contributed by atoms with Crippen molar-refractivity contribution in [2.75, 3.05) is 24.3 Å². The average molecular weight is 410 g/mol. The third kappa shape index (κ3) is 5.76. The van der Waals surface area contributed by atoms with Crippen LogP contribution >= 0.6 is 46.4 Å². The van der Waals surface area contributed by atoms with Crippen LogP contribution in [0, 0.1) is 0 Å².